The first-order chi connectivity index (χ1) is 13.4. The van der Waals surface area contributed by atoms with Crippen LogP contribution in [0, 0.1) is 13.8 Å². The Kier molecular flexibility index (Phi) is 5.76. The van der Waals surface area contributed by atoms with Crippen LogP contribution in [0.25, 0.3) is 6.08 Å². The normalized spacial score (nSPS) is 11.5. The Morgan fingerprint density at radius 2 is 1.32 bits per heavy atom. The summed E-state index contributed by atoms with van der Waals surface area (Å²) in [4.78, 5) is 13.0. The van der Waals surface area contributed by atoms with Gasteiger partial charge in [0, 0.05) is 6.08 Å². The second-order valence-corrected chi connectivity index (χ2v) is 8.29. The van der Waals surface area contributed by atoms with Gasteiger partial charge in [-0.1, -0.05) is 65.7 Å². The number of carbonyl (C=O) groups is 1. The van der Waals surface area contributed by atoms with Gasteiger partial charge in [0.15, 0.2) is 0 Å². The van der Waals surface area contributed by atoms with Crippen molar-refractivity contribution < 1.29 is 13.2 Å². The van der Waals surface area contributed by atoms with Crippen LogP contribution in [0.5, 0.6) is 0 Å². The van der Waals surface area contributed by atoms with Crippen LogP contribution in [-0.4, -0.2) is 14.3 Å². The van der Waals surface area contributed by atoms with Crippen molar-refractivity contribution in [1.29, 1.82) is 0 Å². The van der Waals surface area contributed by atoms with E-state index < -0.39 is 15.9 Å². The molecule has 4 nitrogen and oxygen atoms in total. The highest BCUT2D eigenvalue weighted by atomic mass is 32.2. The molecule has 0 aliphatic heterocycles. The first kappa shape index (κ1) is 19.6. The number of aryl methyl sites for hydroxylation is 2. The van der Waals surface area contributed by atoms with Gasteiger partial charge >= 0.3 is 0 Å². The summed E-state index contributed by atoms with van der Waals surface area (Å²) in [6, 6.07) is 22.5. The number of amides is 1. The molecule has 5 heteroatoms. The lowest BCUT2D eigenvalue weighted by Gasteiger charge is -2.21. The van der Waals surface area contributed by atoms with E-state index in [1.54, 1.807) is 42.5 Å². The number of benzene rings is 3. The minimum Gasteiger partial charge on any atom is -0.268 e. The molecule has 0 spiro atoms. The van der Waals surface area contributed by atoms with Crippen LogP contribution in [0.1, 0.15) is 16.7 Å². The van der Waals surface area contributed by atoms with Gasteiger partial charge in [-0.2, -0.15) is 4.31 Å². The smallest absolute Gasteiger partial charge is 0.268 e. The van der Waals surface area contributed by atoms with Crippen LogP contribution < -0.4 is 4.31 Å². The molecule has 0 unspecified atom stereocenters. The fraction of sp³-hybridized carbons (Fsp3) is 0.0870. The molecule has 0 radical (unpaired) electrons. The van der Waals surface area contributed by atoms with Crippen molar-refractivity contribution in [3.63, 3.8) is 0 Å². The molecule has 1 amide bonds. The standard InChI is InChI=1S/C23H21NO3S/c1-18-8-13-21(14-9-18)24(23(25)17-12-20-6-4-3-5-7-20)28(26,27)22-15-10-19(2)11-16-22/h3-17H,1-2H3/b17-12+. The molecule has 3 aromatic rings. The monoisotopic (exact) mass is 391 g/mol. The topological polar surface area (TPSA) is 54.5 Å². The molecule has 0 aliphatic rings. The van der Waals surface area contributed by atoms with Gasteiger partial charge in [-0.25, -0.2) is 8.42 Å². The third-order valence-corrected chi connectivity index (χ3v) is 5.99. The second kappa shape index (κ2) is 8.23. The Morgan fingerprint density at radius 3 is 1.89 bits per heavy atom. The number of rotatable bonds is 5. The molecule has 3 rings (SSSR count). The summed E-state index contributed by atoms with van der Waals surface area (Å²) < 4.78 is 27.3. The van der Waals surface area contributed by atoms with E-state index in [1.807, 2.05) is 44.2 Å². The number of anilines is 1. The van der Waals surface area contributed by atoms with Gasteiger partial charge in [0.05, 0.1) is 10.6 Å². The number of nitrogens with zero attached hydrogens (tertiary/aromatic N) is 1. The van der Waals surface area contributed by atoms with Crippen molar-refractivity contribution in [2.75, 3.05) is 4.31 Å². The largest absolute Gasteiger partial charge is 0.271 e. The Bertz CT molecular complexity index is 1080. The highest BCUT2D eigenvalue weighted by Gasteiger charge is 2.29. The van der Waals surface area contributed by atoms with Gasteiger partial charge in [0.25, 0.3) is 15.9 Å². The molecular formula is C23H21NO3S. The van der Waals surface area contributed by atoms with Crippen molar-refractivity contribution in [2.45, 2.75) is 18.7 Å². The first-order valence-electron chi connectivity index (χ1n) is 8.84. The molecule has 28 heavy (non-hydrogen) atoms. The maximum atomic E-state index is 13.3. The lowest BCUT2D eigenvalue weighted by atomic mass is 10.2. The lowest BCUT2D eigenvalue weighted by Crippen LogP contribution is -2.35. The zero-order valence-corrected chi connectivity index (χ0v) is 16.6. The minimum atomic E-state index is -4.05. The third-order valence-electron chi connectivity index (χ3n) is 4.25. The molecule has 0 saturated carbocycles. The van der Waals surface area contributed by atoms with Gasteiger partial charge in [-0.3, -0.25) is 4.79 Å². The van der Waals surface area contributed by atoms with E-state index in [2.05, 4.69) is 0 Å². The maximum Gasteiger partial charge on any atom is 0.271 e. The van der Waals surface area contributed by atoms with Crippen molar-refractivity contribution in [1.82, 2.24) is 0 Å². The molecule has 0 N–H and O–H groups in total. The lowest BCUT2D eigenvalue weighted by molar-refractivity contribution is -0.113. The van der Waals surface area contributed by atoms with Gasteiger partial charge < -0.3 is 0 Å². The summed E-state index contributed by atoms with van der Waals surface area (Å²) in [5.74, 6) is -0.631. The van der Waals surface area contributed by atoms with Gasteiger partial charge in [-0.15, -0.1) is 0 Å². The van der Waals surface area contributed by atoms with Crippen molar-refractivity contribution in [3.05, 3.63) is 102 Å². The van der Waals surface area contributed by atoms with Crippen LogP contribution in [-0.2, 0) is 14.8 Å². The summed E-state index contributed by atoms with van der Waals surface area (Å²) in [7, 11) is -4.05. The van der Waals surface area contributed by atoms with E-state index in [-0.39, 0.29) is 4.90 Å². The quantitative estimate of drug-likeness (QED) is 0.591. The predicted molar refractivity (Wildman–Crippen MR) is 113 cm³/mol. The van der Waals surface area contributed by atoms with E-state index in [0.717, 1.165) is 21.0 Å². The van der Waals surface area contributed by atoms with E-state index >= 15 is 0 Å². The molecule has 0 saturated heterocycles. The van der Waals surface area contributed by atoms with Gasteiger partial charge in [0.1, 0.15) is 0 Å². The van der Waals surface area contributed by atoms with Gasteiger partial charge in [-0.05, 0) is 49.8 Å². The summed E-state index contributed by atoms with van der Waals surface area (Å²) in [6.45, 7) is 3.78. The van der Waals surface area contributed by atoms with Crippen LogP contribution in [0.3, 0.4) is 0 Å². The summed E-state index contributed by atoms with van der Waals surface area (Å²) in [5.41, 5.74) is 3.03. The van der Waals surface area contributed by atoms with E-state index in [4.69, 9.17) is 0 Å². The van der Waals surface area contributed by atoms with Crippen molar-refractivity contribution >= 4 is 27.7 Å². The maximum absolute atomic E-state index is 13.3. The second-order valence-electron chi connectivity index (χ2n) is 6.50. The zero-order chi connectivity index (χ0) is 20.1. The summed E-state index contributed by atoms with van der Waals surface area (Å²) >= 11 is 0. The van der Waals surface area contributed by atoms with Crippen molar-refractivity contribution in [3.8, 4) is 0 Å². The predicted octanol–water partition coefficient (Wildman–Crippen LogP) is 4.74. The SMILES string of the molecule is Cc1ccc(N(C(=O)/C=C/c2ccccc2)S(=O)(=O)c2ccc(C)cc2)cc1. The van der Waals surface area contributed by atoms with Crippen molar-refractivity contribution in [2.24, 2.45) is 0 Å². The molecule has 0 fully saturated rings. The fourth-order valence-electron chi connectivity index (χ4n) is 2.68. The molecule has 3 aromatic carbocycles. The van der Waals surface area contributed by atoms with E-state index in [0.29, 0.717) is 5.69 Å². The van der Waals surface area contributed by atoms with E-state index in [9.17, 15) is 13.2 Å². The highest BCUT2D eigenvalue weighted by Crippen LogP contribution is 2.25. The number of carbonyl (C=O) groups excluding carboxylic acids is 1. The van der Waals surface area contributed by atoms with Crippen LogP contribution in [0.4, 0.5) is 5.69 Å². The summed E-state index contributed by atoms with van der Waals surface area (Å²) in [5, 5.41) is 0. The zero-order valence-electron chi connectivity index (χ0n) is 15.7. The van der Waals surface area contributed by atoms with Crippen LogP contribution in [0.15, 0.2) is 89.8 Å². The average Bonchev–Trinajstić information content (AvgIpc) is 2.69. The number of hydrogen-bond donors (Lipinski definition) is 0. The number of sulfonamides is 1. The molecule has 142 valence electrons. The third kappa shape index (κ3) is 4.38. The molecule has 0 aliphatic carbocycles. The van der Waals surface area contributed by atoms with Crippen LogP contribution >= 0.6 is 0 Å². The minimum absolute atomic E-state index is 0.0696. The summed E-state index contributed by atoms with van der Waals surface area (Å²) in [6.07, 6.45) is 2.88. The Balaban J connectivity index is 2.04. The first-order valence-corrected chi connectivity index (χ1v) is 10.3. The average molecular weight is 391 g/mol. The van der Waals surface area contributed by atoms with Crippen LogP contribution in [0.2, 0.25) is 0 Å². The molecule has 0 heterocycles. The molecule has 0 atom stereocenters. The molecule has 0 aromatic heterocycles. The van der Waals surface area contributed by atoms with Gasteiger partial charge in [0.2, 0.25) is 0 Å². The number of hydrogen-bond acceptors (Lipinski definition) is 3. The molecule has 0 bridgehead atoms. The Morgan fingerprint density at radius 1 is 0.786 bits per heavy atom. The highest BCUT2D eigenvalue weighted by molar-refractivity contribution is 7.93. The fourth-order valence-corrected chi connectivity index (χ4v) is 4.07. The Hall–Kier alpha value is -3.18. The van der Waals surface area contributed by atoms with E-state index in [1.165, 1.54) is 18.2 Å². The molecular weight excluding hydrogens is 370 g/mol. The Labute approximate surface area is 165 Å².